The van der Waals surface area contributed by atoms with Crippen LogP contribution >= 0.6 is 0 Å². The molecule has 0 fully saturated rings. The molecule has 1 amide bonds. The highest BCUT2D eigenvalue weighted by atomic mass is 16.3. The molecule has 0 radical (unpaired) electrons. The van der Waals surface area contributed by atoms with Crippen molar-refractivity contribution in [1.29, 1.82) is 0 Å². The second-order valence-electron chi connectivity index (χ2n) is 4.97. The summed E-state index contributed by atoms with van der Waals surface area (Å²) in [6.45, 7) is 7.61. The topological polar surface area (TPSA) is 55.1 Å². The minimum absolute atomic E-state index is 0.0861. The second kappa shape index (κ2) is 5.90. The molecule has 0 aromatic carbocycles. The van der Waals surface area contributed by atoms with E-state index in [-0.39, 0.29) is 11.9 Å². The van der Waals surface area contributed by atoms with Gasteiger partial charge in [-0.2, -0.15) is 0 Å². The molecule has 1 atom stereocenters. The van der Waals surface area contributed by atoms with Crippen molar-refractivity contribution in [1.82, 2.24) is 10.3 Å². The van der Waals surface area contributed by atoms with E-state index in [0.29, 0.717) is 11.3 Å². The van der Waals surface area contributed by atoms with Crippen LogP contribution in [0, 0.1) is 20.8 Å². The molecule has 2 heterocycles. The van der Waals surface area contributed by atoms with Crippen LogP contribution in [0.25, 0.3) is 0 Å². The number of carbonyl (C=O) groups excluding carboxylic acids is 1. The molecule has 0 saturated heterocycles. The fourth-order valence-corrected chi connectivity index (χ4v) is 2.24. The molecule has 1 N–H and O–H groups in total. The maximum absolute atomic E-state index is 12.3. The van der Waals surface area contributed by atoms with E-state index >= 15 is 0 Å². The van der Waals surface area contributed by atoms with Gasteiger partial charge in [0, 0.05) is 5.69 Å². The smallest absolute Gasteiger partial charge is 0.255 e. The van der Waals surface area contributed by atoms with Crippen molar-refractivity contribution in [3.63, 3.8) is 0 Å². The summed E-state index contributed by atoms with van der Waals surface area (Å²) in [5.41, 5.74) is 2.43. The zero-order valence-electron chi connectivity index (χ0n) is 12.4. The van der Waals surface area contributed by atoms with E-state index in [1.54, 1.807) is 13.0 Å². The lowest BCUT2D eigenvalue weighted by Crippen LogP contribution is -2.29. The van der Waals surface area contributed by atoms with Gasteiger partial charge in [-0.1, -0.05) is 13.0 Å². The van der Waals surface area contributed by atoms with Crippen molar-refractivity contribution in [2.45, 2.75) is 40.2 Å². The van der Waals surface area contributed by atoms with E-state index in [9.17, 15) is 4.79 Å². The number of hydrogen-bond donors (Lipinski definition) is 1. The van der Waals surface area contributed by atoms with Gasteiger partial charge in [-0.15, -0.1) is 0 Å². The van der Waals surface area contributed by atoms with E-state index in [4.69, 9.17) is 4.42 Å². The van der Waals surface area contributed by atoms with Crippen LogP contribution in [-0.2, 0) is 0 Å². The van der Waals surface area contributed by atoms with Crippen LogP contribution in [0.5, 0.6) is 0 Å². The summed E-state index contributed by atoms with van der Waals surface area (Å²) in [7, 11) is 0. The highest BCUT2D eigenvalue weighted by molar-refractivity contribution is 5.95. The number of aromatic nitrogens is 1. The third kappa shape index (κ3) is 3.07. The van der Waals surface area contributed by atoms with E-state index in [0.717, 1.165) is 23.6 Å². The van der Waals surface area contributed by atoms with Crippen molar-refractivity contribution in [3.8, 4) is 0 Å². The maximum Gasteiger partial charge on any atom is 0.255 e. The lowest BCUT2D eigenvalue weighted by molar-refractivity contribution is 0.0933. The lowest BCUT2D eigenvalue weighted by Gasteiger charge is -2.16. The van der Waals surface area contributed by atoms with Gasteiger partial charge in [0.25, 0.3) is 5.91 Å². The Hall–Kier alpha value is -2.10. The fourth-order valence-electron chi connectivity index (χ4n) is 2.24. The number of nitrogens with one attached hydrogen (secondary N) is 1. The SMILES string of the molecule is CC[C@@H](NC(=O)c1cc(C)oc1C)c1cccc(C)n1. The molecule has 0 bridgehead atoms. The normalized spacial score (nSPS) is 12.2. The maximum atomic E-state index is 12.3. The number of nitrogens with zero attached hydrogens (tertiary/aromatic N) is 1. The van der Waals surface area contributed by atoms with E-state index in [2.05, 4.69) is 10.3 Å². The standard InChI is InChI=1S/C16H20N2O2/c1-5-14(15-8-6-7-10(2)17-15)18-16(19)13-9-11(3)20-12(13)4/h6-9,14H,5H2,1-4H3,(H,18,19)/t14-/m1/s1. The number of pyridine rings is 1. The molecule has 0 saturated carbocycles. The lowest BCUT2D eigenvalue weighted by atomic mass is 10.1. The van der Waals surface area contributed by atoms with Crippen LogP contribution in [0.15, 0.2) is 28.7 Å². The van der Waals surface area contributed by atoms with Gasteiger partial charge < -0.3 is 9.73 Å². The van der Waals surface area contributed by atoms with Gasteiger partial charge >= 0.3 is 0 Å². The first-order chi connectivity index (χ1) is 9.51. The minimum atomic E-state index is -0.116. The summed E-state index contributed by atoms with van der Waals surface area (Å²) < 4.78 is 5.40. The zero-order valence-corrected chi connectivity index (χ0v) is 12.4. The number of aryl methyl sites for hydroxylation is 3. The van der Waals surface area contributed by atoms with Crippen LogP contribution in [-0.4, -0.2) is 10.9 Å². The van der Waals surface area contributed by atoms with E-state index < -0.39 is 0 Å². The van der Waals surface area contributed by atoms with E-state index in [1.165, 1.54) is 0 Å². The number of hydrogen-bond acceptors (Lipinski definition) is 3. The summed E-state index contributed by atoms with van der Waals surface area (Å²) in [4.78, 5) is 16.8. The Bertz CT molecular complexity index is 617. The first-order valence-electron chi connectivity index (χ1n) is 6.82. The Balaban J connectivity index is 2.18. The molecule has 106 valence electrons. The van der Waals surface area contributed by atoms with Gasteiger partial charge in [0.15, 0.2) is 0 Å². The van der Waals surface area contributed by atoms with Crippen LogP contribution < -0.4 is 5.32 Å². The van der Waals surface area contributed by atoms with Gasteiger partial charge in [-0.05, 0) is 45.4 Å². The van der Waals surface area contributed by atoms with Gasteiger partial charge in [0.2, 0.25) is 0 Å². The Morgan fingerprint density at radius 1 is 1.35 bits per heavy atom. The van der Waals surface area contributed by atoms with E-state index in [1.807, 2.05) is 39.0 Å². The molecule has 0 unspecified atom stereocenters. The molecule has 0 aliphatic carbocycles. The van der Waals surface area contributed by atoms with Crippen LogP contribution in [0.2, 0.25) is 0 Å². The Labute approximate surface area is 119 Å². The minimum Gasteiger partial charge on any atom is -0.466 e. The average Bonchev–Trinajstić information content (AvgIpc) is 2.75. The van der Waals surface area contributed by atoms with Gasteiger partial charge in [-0.25, -0.2) is 0 Å². The van der Waals surface area contributed by atoms with Crippen molar-refractivity contribution in [2.75, 3.05) is 0 Å². The first kappa shape index (κ1) is 14.3. The second-order valence-corrected chi connectivity index (χ2v) is 4.97. The third-order valence-electron chi connectivity index (χ3n) is 3.27. The van der Waals surface area contributed by atoms with Crippen molar-refractivity contribution in [3.05, 3.63) is 52.7 Å². The van der Waals surface area contributed by atoms with Crippen molar-refractivity contribution >= 4 is 5.91 Å². The first-order valence-corrected chi connectivity index (χ1v) is 6.82. The molecule has 2 rings (SSSR count). The summed E-state index contributed by atoms with van der Waals surface area (Å²) in [5, 5.41) is 3.02. The highest BCUT2D eigenvalue weighted by Gasteiger charge is 2.18. The molecular formula is C16H20N2O2. The molecule has 20 heavy (non-hydrogen) atoms. The van der Waals surface area contributed by atoms with Crippen LogP contribution in [0.3, 0.4) is 0 Å². The monoisotopic (exact) mass is 272 g/mol. The Kier molecular flexibility index (Phi) is 4.23. The number of rotatable bonds is 4. The molecule has 0 aliphatic heterocycles. The highest BCUT2D eigenvalue weighted by Crippen LogP contribution is 2.18. The third-order valence-corrected chi connectivity index (χ3v) is 3.27. The summed E-state index contributed by atoms with van der Waals surface area (Å²) >= 11 is 0. The Morgan fingerprint density at radius 2 is 2.10 bits per heavy atom. The predicted molar refractivity (Wildman–Crippen MR) is 77.7 cm³/mol. The number of carbonyl (C=O) groups is 1. The van der Waals surface area contributed by atoms with Gasteiger partial charge in [0.05, 0.1) is 17.3 Å². The molecular weight excluding hydrogens is 252 g/mol. The summed E-state index contributed by atoms with van der Waals surface area (Å²) in [6, 6.07) is 7.52. The average molecular weight is 272 g/mol. The number of furan rings is 1. The largest absolute Gasteiger partial charge is 0.466 e. The quantitative estimate of drug-likeness (QED) is 0.927. The number of amides is 1. The van der Waals surface area contributed by atoms with Gasteiger partial charge in [-0.3, -0.25) is 9.78 Å². The zero-order chi connectivity index (χ0) is 14.7. The van der Waals surface area contributed by atoms with Crippen LogP contribution in [0.4, 0.5) is 0 Å². The fraction of sp³-hybridized carbons (Fsp3) is 0.375. The predicted octanol–water partition coefficient (Wildman–Crippen LogP) is 3.48. The van der Waals surface area contributed by atoms with Crippen molar-refractivity contribution < 1.29 is 9.21 Å². The summed E-state index contributed by atoms with van der Waals surface area (Å²) in [6.07, 6.45) is 0.790. The molecule has 4 nitrogen and oxygen atoms in total. The van der Waals surface area contributed by atoms with Crippen molar-refractivity contribution in [2.24, 2.45) is 0 Å². The molecule has 0 aliphatic rings. The van der Waals surface area contributed by atoms with Crippen LogP contribution in [0.1, 0.15) is 52.7 Å². The molecule has 2 aromatic heterocycles. The summed E-state index contributed by atoms with van der Waals surface area (Å²) in [5.74, 6) is 1.27. The molecule has 4 heteroatoms. The van der Waals surface area contributed by atoms with Gasteiger partial charge in [0.1, 0.15) is 11.5 Å². The molecule has 2 aromatic rings. The Morgan fingerprint density at radius 3 is 2.65 bits per heavy atom. The molecule has 0 spiro atoms.